The zero-order valence-electron chi connectivity index (χ0n) is 9.48. The number of hydrogen-bond donors (Lipinski definition) is 2. The van der Waals surface area contributed by atoms with Crippen molar-refractivity contribution < 1.29 is 14.6 Å². The van der Waals surface area contributed by atoms with Crippen molar-refractivity contribution in [3.63, 3.8) is 0 Å². The summed E-state index contributed by atoms with van der Waals surface area (Å²) in [6.07, 6.45) is 2.63. The van der Waals surface area contributed by atoms with Crippen LogP contribution in [0, 0.1) is 0 Å². The number of hydrogen-bond acceptors (Lipinski definition) is 3. The average Bonchev–Trinajstić information content (AvgIpc) is 2.99. The highest BCUT2D eigenvalue weighted by Crippen LogP contribution is 2.51. The summed E-state index contributed by atoms with van der Waals surface area (Å²) < 4.78 is 5.45. The van der Waals surface area contributed by atoms with Crippen LogP contribution in [0.1, 0.15) is 24.0 Å². The lowest BCUT2D eigenvalue weighted by atomic mass is 9.87. The molecule has 1 saturated carbocycles. The zero-order chi connectivity index (χ0) is 12.0. The van der Waals surface area contributed by atoms with Crippen molar-refractivity contribution >= 4 is 5.97 Å². The highest BCUT2D eigenvalue weighted by Gasteiger charge is 2.52. The van der Waals surface area contributed by atoms with Crippen molar-refractivity contribution in [3.05, 3.63) is 29.3 Å². The number of benzene rings is 1. The van der Waals surface area contributed by atoms with Gasteiger partial charge < -0.3 is 15.6 Å². The molecule has 1 aliphatic heterocycles. The molecule has 1 heterocycles. The van der Waals surface area contributed by atoms with E-state index >= 15 is 0 Å². The highest BCUT2D eigenvalue weighted by atomic mass is 16.5. The Morgan fingerprint density at radius 1 is 1.47 bits per heavy atom. The van der Waals surface area contributed by atoms with Gasteiger partial charge in [0, 0.05) is 11.8 Å². The molecule has 1 aromatic rings. The molecule has 0 bridgehead atoms. The van der Waals surface area contributed by atoms with E-state index < -0.39 is 12.0 Å². The predicted molar refractivity (Wildman–Crippen MR) is 62.2 cm³/mol. The summed E-state index contributed by atoms with van der Waals surface area (Å²) in [6, 6.07) is 5.16. The fourth-order valence-electron chi connectivity index (χ4n) is 2.65. The van der Waals surface area contributed by atoms with E-state index in [0.29, 0.717) is 0 Å². The monoisotopic (exact) mass is 233 g/mol. The summed E-state index contributed by atoms with van der Waals surface area (Å²) in [6.45, 7) is 0.719. The lowest BCUT2D eigenvalue weighted by Gasteiger charge is -2.20. The van der Waals surface area contributed by atoms with Crippen LogP contribution in [0.5, 0.6) is 5.75 Å². The van der Waals surface area contributed by atoms with Gasteiger partial charge in [-0.15, -0.1) is 0 Å². The predicted octanol–water partition coefficient (Wildman–Crippen LogP) is 1.06. The highest BCUT2D eigenvalue weighted by molar-refractivity contribution is 5.77. The molecule has 3 N–H and O–H groups in total. The van der Waals surface area contributed by atoms with Crippen molar-refractivity contribution in [1.82, 2.24) is 0 Å². The van der Waals surface area contributed by atoms with Gasteiger partial charge >= 0.3 is 5.97 Å². The van der Waals surface area contributed by atoms with Crippen LogP contribution in [-0.2, 0) is 16.6 Å². The van der Waals surface area contributed by atoms with Crippen LogP contribution in [0.15, 0.2) is 18.2 Å². The van der Waals surface area contributed by atoms with Gasteiger partial charge in [-0.2, -0.15) is 0 Å². The lowest BCUT2D eigenvalue weighted by Crippen LogP contribution is -2.41. The van der Waals surface area contributed by atoms with E-state index in [1.165, 1.54) is 5.56 Å². The molecule has 1 aromatic carbocycles. The maximum Gasteiger partial charge on any atom is 0.321 e. The van der Waals surface area contributed by atoms with Crippen molar-refractivity contribution in [2.45, 2.75) is 30.7 Å². The van der Waals surface area contributed by atoms with E-state index in [-0.39, 0.29) is 5.41 Å². The third kappa shape index (κ3) is 1.52. The first-order chi connectivity index (χ1) is 8.13. The Kier molecular flexibility index (Phi) is 2.16. The van der Waals surface area contributed by atoms with Gasteiger partial charge in [-0.25, -0.2) is 0 Å². The Bertz CT molecular complexity index is 480. The molecule has 0 radical (unpaired) electrons. The maximum absolute atomic E-state index is 11.0. The summed E-state index contributed by atoms with van der Waals surface area (Å²) in [5, 5.41) is 9.06. The molecule has 3 rings (SSSR count). The summed E-state index contributed by atoms with van der Waals surface area (Å²) in [4.78, 5) is 11.0. The third-order valence-corrected chi connectivity index (χ3v) is 3.91. The van der Waals surface area contributed by atoms with E-state index in [0.717, 1.165) is 37.2 Å². The van der Waals surface area contributed by atoms with Crippen LogP contribution in [-0.4, -0.2) is 23.7 Å². The Morgan fingerprint density at radius 2 is 2.24 bits per heavy atom. The number of carbonyl (C=O) groups is 1. The van der Waals surface area contributed by atoms with E-state index in [9.17, 15) is 4.79 Å². The molecule has 0 saturated heterocycles. The van der Waals surface area contributed by atoms with Crippen molar-refractivity contribution in [2.75, 3.05) is 6.61 Å². The molecule has 0 aromatic heterocycles. The standard InChI is InChI=1S/C13H15NO3/c14-11(12(15)16)13(4-5-13)9-1-2-10-8(7-9)3-6-17-10/h1-2,7,11H,3-6,14H2,(H,15,16). The van der Waals surface area contributed by atoms with Gasteiger partial charge in [-0.1, -0.05) is 12.1 Å². The second-order valence-electron chi connectivity index (χ2n) is 4.89. The number of ether oxygens (including phenoxy) is 1. The molecule has 17 heavy (non-hydrogen) atoms. The molecule has 0 spiro atoms. The Balaban J connectivity index is 1.97. The van der Waals surface area contributed by atoms with Crippen LogP contribution < -0.4 is 10.5 Å². The van der Waals surface area contributed by atoms with E-state index in [1.54, 1.807) is 0 Å². The molecular formula is C13H15NO3. The normalized spacial score (nSPS) is 21.5. The van der Waals surface area contributed by atoms with Gasteiger partial charge in [-0.05, 0) is 30.0 Å². The molecule has 1 fully saturated rings. The van der Waals surface area contributed by atoms with Gasteiger partial charge in [0.25, 0.3) is 0 Å². The zero-order valence-corrected chi connectivity index (χ0v) is 9.48. The number of rotatable bonds is 3. The first-order valence-corrected chi connectivity index (χ1v) is 5.88. The van der Waals surface area contributed by atoms with Crippen LogP contribution in [0.2, 0.25) is 0 Å². The number of nitrogens with two attached hydrogens (primary N) is 1. The Morgan fingerprint density at radius 3 is 2.88 bits per heavy atom. The molecule has 0 amide bonds. The smallest absolute Gasteiger partial charge is 0.321 e. The van der Waals surface area contributed by atoms with Crippen molar-refractivity contribution in [1.29, 1.82) is 0 Å². The lowest BCUT2D eigenvalue weighted by molar-refractivity contribution is -0.139. The second-order valence-corrected chi connectivity index (χ2v) is 4.89. The van der Waals surface area contributed by atoms with Crippen LogP contribution in [0.3, 0.4) is 0 Å². The van der Waals surface area contributed by atoms with Gasteiger partial charge in [0.05, 0.1) is 6.61 Å². The Labute approximate surface area is 99.4 Å². The van der Waals surface area contributed by atoms with Gasteiger partial charge in [-0.3, -0.25) is 4.79 Å². The van der Waals surface area contributed by atoms with Gasteiger partial charge in [0.15, 0.2) is 0 Å². The van der Waals surface area contributed by atoms with Crippen LogP contribution in [0.25, 0.3) is 0 Å². The number of carboxylic acids is 1. The van der Waals surface area contributed by atoms with Crippen molar-refractivity contribution in [3.8, 4) is 5.75 Å². The molecular weight excluding hydrogens is 218 g/mol. The molecule has 2 aliphatic rings. The average molecular weight is 233 g/mol. The van der Waals surface area contributed by atoms with Crippen LogP contribution in [0.4, 0.5) is 0 Å². The molecule has 4 nitrogen and oxygen atoms in total. The summed E-state index contributed by atoms with van der Waals surface area (Å²) in [7, 11) is 0. The largest absolute Gasteiger partial charge is 0.493 e. The minimum atomic E-state index is -0.917. The number of aliphatic carboxylic acids is 1. The first-order valence-electron chi connectivity index (χ1n) is 5.88. The molecule has 90 valence electrons. The molecule has 1 unspecified atom stereocenters. The van der Waals surface area contributed by atoms with E-state index in [1.807, 2.05) is 12.1 Å². The van der Waals surface area contributed by atoms with Gasteiger partial charge in [0.1, 0.15) is 11.8 Å². The Hall–Kier alpha value is -1.55. The molecule has 4 heteroatoms. The third-order valence-electron chi connectivity index (χ3n) is 3.91. The summed E-state index contributed by atoms with van der Waals surface area (Å²) >= 11 is 0. The SMILES string of the molecule is NC(C(=O)O)C1(c2ccc3c(c2)CCO3)CC1. The van der Waals surface area contributed by atoms with E-state index in [2.05, 4.69) is 6.07 Å². The quantitative estimate of drug-likeness (QED) is 0.819. The fourth-order valence-corrected chi connectivity index (χ4v) is 2.65. The minimum absolute atomic E-state index is 0.344. The first kappa shape index (κ1) is 10.6. The summed E-state index contributed by atoms with van der Waals surface area (Å²) in [5.41, 5.74) is 7.68. The van der Waals surface area contributed by atoms with Gasteiger partial charge in [0.2, 0.25) is 0 Å². The molecule has 1 atom stereocenters. The molecule has 1 aliphatic carbocycles. The fraction of sp³-hybridized carbons (Fsp3) is 0.462. The maximum atomic E-state index is 11.0. The number of carboxylic acid groups (broad SMARTS) is 1. The summed E-state index contributed by atoms with van der Waals surface area (Å²) in [5.74, 6) is 0.00712. The number of fused-ring (bicyclic) bond motifs is 1. The minimum Gasteiger partial charge on any atom is -0.493 e. The topological polar surface area (TPSA) is 72.6 Å². The van der Waals surface area contributed by atoms with Crippen LogP contribution >= 0.6 is 0 Å². The second kappa shape index (κ2) is 3.47. The van der Waals surface area contributed by atoms with E-state index in [4.69, 9.17) is 15.6 Å². The van der Waals surface area contributed by atoms with Crippen molar-refractivity contribution in [2.24, 2.45) is 5.73 Å².